The number of nitrogens with one attached hydrogen (secondary N) is 2. The molecule has 1 amide bonds. The summed E-state index contributed by atoms with van der Waals surface area (Å²) in [5.41, 5.74) is 2.60. The Morgan fingerprint density at radius 3 is 2.44 bits per heavy atom. The topological polar surface area (TPSA) is 50.4 Å². The molecule has 0 saturated heterocycles. The van der Waals surface area contributed by atoms with E-state index in [0.29, 0.717) is 0 Å². The summed E-state index contributed by atoms with van der Waals surface area (Å²) in [4.78, 5) is 11.7. The lowest BCUT2D eigenvalue weighted by Gasteiger charge is -2.19. The number of hydrogen-bond donors (Lipinski definition) is 2. The summed E-state index contributed by atoms with van der Waals surface area (Å²) < 4.78 is 5.23. The van der Waals surface area contributed by atoms with Crippen molar-refractivity contribution in [3.8, 4) is 0 Å². The maximum atomic E-state index is 11.7. The summed E-state index contributed by atoms with van der Waals surface area (Å²) >= 11 is 5.97. The molecule has 0 spiro atoms. The Labute approximate surface area is 154 Å². The third-order valence-electron chi connectivity index (χ3n) is 3.41. The lowest BCUT2D eigenvalue weighted by Crippen LogP contribution is -2.27. The van der Waals surface area contributed by atoms with E-state index in [9.17, 15) is 4.79 Å². The molecule has 2 aromatic carbocycles. The van der Waals surface area contributed by atoms with Crippen molar-refractivity contribution < 1.29 is 9.53 Å². The molecular formula is C20H25ClN2O2. The summed E-state index contributed by atoms with van der Waals surface area (Å²) in [6, 6.07) is 15.6. The Kier molecular flexibility index (Phi) is 6.85. The van der Waals surface area contributed by atoms with Crippen LogP contribution in [0.15, 0.2) is 48.5 Å². The van der Waals surface area contributed by atoms with Gasteiger partial charge in [0, 0.05) is 17.3 Å². The molecule has 0 radical (unpaired) electrons. The zero-order valence-electron chi connectivity index (χ0n) is 14.9. The van der Waals surface area contributed by atoms with Crippen LogP contribution in [-0.2, 0) is 17.7 Å². The fraction of sp³-hybridized carbons (Fsp3) is 0.350. The van der Waals surface area contributed by atoms with Crippen molar-refractivity contribution in [3.63, 3.8) is 0 Å². The maximum absolute atomic E-state index is 11.7. The van der Waals surface area contributed by atoms with Gasteiger partial charge >= 0.3 is 6.09 Å². The molecule has 2 N–H and O–H groups in total. The fourth-order valence-corrected chi connectivity index (χ4v) is 2.50. The summed E-state index contributed by atoms with van der Waals surface area (Å²) in [6.07, 6.45) is 0.469. The van der Waals surface area contributed by atoms with E-state index in [1.165, 1.54) is 11.1 Å². The Morgan fingerprint density at radius 2 is 1.80 bits per heavy atom. The molecular weight excluding hydrogens is 336 g/mol. The lowest BCUT2D eigenvalue weighted by atomic mass is 10.1. The van der Waals surface area contributed by atoms with Gasteiger partial charge in [0.15, 0.2) is 0 Å². The number of amides is 1. The first-order valence-electron chi connectivity index (χ1n) is 8.36. The molecule has 0 unspecified atom stereocenters. The van der Waals surface area contributed by atoms with Crippen molar-refractivity contribution >= 4 is 23.4 Å². The largest absolute Gasteiger partial charge is 0.444 e. The fourth-order valence-electron chi connectivity index (χ4n) is 2.29. The van der Waals surface area contributed by atoms with Crippen molar-refractivity contribution in [2.75, 3.05) is 11.9 Å². The average Bonchev–Trinajstić information content (AvgIpc) is 2.51. The molecule has 0 aliphatic rings. The van der Waals surface area contributed by atoms with Crippen LogP contribution in [0.5, 0.6) is 0 Å². The first-order chi connectivity index (χ1) is 11.8. The molecule has 0 fully saturated rings. The van der Waals surface area contributed by atoms with Gasteiger partial charge < -0.3 is 10.1 Å². The third-order valence-corrected chi connectivity index (χ3v) is 3.64. The van der Waals surface area contributed by atoms with E-state index >= 15 is 0 Å². The smallest absolute Gasteiger partial charge is 0.412 e. The molecule has 0 atom stereocenters. The summed E-state index contributed by atoms with van der Waals surface area (Å²) in [5.74, 6) is 0. The van der Waals surface area contributed by atoms with Gasteiger partial charge in [0.25, 0.3) is 0 Å². The van der Waals surface area contributed by atoms with Gasteiger partial charge in [-0.2, -0.15) is 0 Å². The molecule has 5 heteroatoms. The Morgan fingerprint density at radius 1 is 1.08 bits per heavy atom. The van der Waals surface area contributed by atoms with Crippen molar-refractivity contribution in [2.45, 2.75) is 39.3 Å². The zero-order chi connectivity index (χ0) is 18.3. The quantitative estimate of drug-likeness (QED) is 0.711. The zero-order valence-corrected chi connectivity index (χ0v) is 15.7. The normalized spacial score (nSPS) is 11.2. The lowest BCUT2D eigenvalue weighted by molar-refractivity contribution is 0.0636. The first kappa shape index (κ1) is 19.3. The van der Waals surface area contributed by atoms with Crippen LogP contribution in [0.2, 0.25) is 5.02 Å². The minimum absolute atomic E-state index is 0.441. The first-order valence-corrected chi connectivity index (χ1v) is 8.74. The Hall–Kier alpha value is -2.04. The standard InChI is InChI=1S/C20H25ClN2O2/c1-20(2,3)25-19(24)23-18-9-7-15(8-10-18)11-12-22-14-16-5-4-6-17(21)13-16/h4-10,13,22H,11-12,14H2,1-3H3,(H,23,24). The number of hydrogen-bond acceptors (Lipinski definition) is 3. The van der Waals surface area contributed by atoms with Gasteiger partial charge in [0.1, 0.15) is 5.60 Å². The van der Waals surface area contributed by atoms with Crippen LogP contribution >= 0.6 is 11.6 Å². The molecule has 0 saturated carbocycles. The van der Waals surface area contributed by atoms with E-state index in [2.05, 4.69) is 16.7 Å². The highest BCUT2D eigenvalue weighted by molar-refractivity contribution is 6.30. The van der Waals surface area contributed by atoms with E-state index in [1.54, 1.807) is 0 Å². The third kappa shape index (κ3) is 7.59. The number of benzene rings is 2. The van der Waals surface area contributed by atoms with E-state index in [0.717, 1.165) is 30.2 Å². The molecule has 0 aliphatic carbocycles. The van der Waals surface area contributed by atoms with Crippen LogP contribution in [0, 0.1) is 0 Å². The second-order valence-corrected chi connectivity index (χ2v) is 7.32. The van der Waals surface area contributed by atoms with Crippen LogP contribution < -0.4 is 10.6 Å². The van der Waals surface area contributed by atoms with Gasteiger partial charge in [-0.3, -0.25) is 5.32 Å². The number of carbonyl (C=O) groups excluding carboxylic acids is 1. The molecule has 0 aliphatic heterocycles. The monoisotopic (exact) mass is 360 g/mol. The van der Waals surface area contributed by atoms with Crippen molar-refractivity contribution in [1.29, 1.82) is 0 Å². The molecule has 0 bridgehead atoms. The average molecular weight is 361 g/mol. The summed E-state index contributed by atoms with van der Waals surface area (Å²) in [7, 11) is 0. The van der Waals surface area contributed by atoms with E-state index < -0.39 is 11.7 Å². The van der Waals surface area contributed by atoms with E-state index in [4.69, 9.17) is 16.3 Å². The molecule has 134 valence electrons. The van der Waals surface area contributed by atoms with Gasteiger partial charge in [-0.25, -0.2) is 4.79 Å². The number of halogens is 1. The SMILES string of the molecule is CC(C)(C)OC(=O)Nc1ccc(CCNCc2cccc(Cl)c2)cc1. The van der Waals surface area contributed by atoms with Crippen molar-refractivity contribution in [1.82, 2.24) is 5.32 Å². The van der Waals surface area contributed by atoms with Gasteiger partial charge in [0.05, 0.1) is 0 Å². The number of rotatable bonds is 6. The molecule has 4 nitrogen and oxygen atoms in total. The second-order valence-electron chi connectivity index (χ2n) is 6.88. The number of ether oxygens (including phenoxy) is 1. The highest BCUT2D eigenvalue weighted by Crippen LogP contribution is 2.13. The predicted octanol–water partition coefficient (Wildman–Crippen LogP) is 5.02. The molecule has 2 aromatic rings. The maximum Gasteiger partial charge on any atom is 0.412 e. The second kappa shape index (κ2) is 8.88. The highest BCUT2D eigenvalue weighted by atomic mass is 35.5. The Bertz CT molecular complexity index is 694. The Balaban J connectivity index is 1.74. The van der Waals surface area contributed by atoms with Gasteiger partial charge in [0.2, 0.25) is 0 Å². The minimum Gasteiger partial charge on any atom is -0.444 e. The van der Waals surface area contributed by atoms with Crippen LogP contribution in [0.4, 0.5) is 10.5 Å². The van der Waals surface area contributed by atoms with Gasteiger partial charge in [-0.15, -0.1) is 0 Å². The summed E-state index contributed by atoms with van der Waals surface area (Å²) in [5, 5.41) is 6.89. The van der Waals surface area contributed by atoms with Crippen molar-refractivity contribution in [3.05, 3.63) is 64.7 Å². The van der Waals surface area contributed by atoms with E-state index in [-0.39, 0.29) is 0 Å². The highest BCUT2D eigenvalue weighted by Gasteiger charge is 2.15. The molecule has 25 heavy (non-hydrogen) atoms. The minimum atomic E-state index is -0.501. The molecule has 0 heterocycles. The van der Waals surface area contributed by atoms with Crippen LogP contribution in [0.1, 0.15) is 31.9 Å². The van der Waals surface area contributed by atoms with Crippen LogP contribution in [0.25, 0.3) is 0 Å². The molecule has 0 aromatic heterocycles. The van der Waals surface area contributed by atoms with Crippen LogP contribution in [0.3, 0.4) is 0 Å². The number of carbonyl (C=O) groups is 1. The van der Waals surface area contributed by atoms with Gasteiger partial charge in [-0.05, 0) is 69.1 Å². The van der Waals surface area contributed by atoms with Gasteiger partial charge in [-0.1, -0.05) is 35.9 Å². The predicted molar refractivity (Wildman–Crippen MR) is 103 cm³/mol. The number of anilines is 1. The molecule has 2 rings (SSSR count). The van der Waals surface area contributed by atoms with E-state index in [1.807, 2.05) is 63.2 Å². The van der Waals surface area contributed by atoms with Crippen molar-refractivity contribution in [2.24, 2.45) is 0 Å². The van der Waals surface area contributed by atoms with Crippen LogP contribution in [-0.4, -0.2) is 18.2 Å². The summed E-state index contributed by atoms with van der Waals surface area (Å²) in [6.45, 7) is 7.18.